The van der Waals surface area contributed by atoms with Crippen LogP contribution in [0.15, 0.2) is 59.4 Å². The molecule has 0 saturated heterocycles. The molecule has 1 aromatic heterocycles. The Morgan fingerprint density at radius 2 is 1.77 bits per heavy atom. The van der Waals surface area contributed by atoms with E-state index in [1.165, 1.54) is 0 Å². The van der Waals surface area contributed by atoms with E-state index in [4.69, 9.17) is 25.8 Å². The van der Waals surface area contributed by atoms with Crippen molar-refractivity contribution in [2.75, 3.05) is 13.8 Å². The van der Waals surface area contributed by atoms with Crippen molar-refractivity contribution in [1.82, 2.24) is 31.3 Å². The third-order valence-electron chi connectivity index (χ3n) is 4.59. The molecular formula is C23H25ClN6O5. The summed E-state index contributed by atoms with van der Waals surface area (Å²) >= 11 is 6.13. The van der Waals surface area contributed by atoms with Crippen molar-refractivity contribution in [2.45, 2.75) is 26.5 Å². The molecule has 3 rings (SSSR count). The molecule has 3 N–H and O–H groups in total. The molecule has 0 amide bonds. The molecule has 3 aromatic rings. The van der Waals surface area contributed by atoms with Gasteiger partial charge in [-0.25, -0.2) is 9.59 Å². The molecule has 0 unspecified atom stereocenters. The average molecular weight is 501 g/mol. The highest BCUT2D eigenvalue weighted by molar-refractivity contribution is 6.31. The molecule has 0 atom stereocenters. The fourth-order valence-electron chi connectivity index (χ4n) is 2.99. The Morgan fingerprint density at radius 1 is 1.06 bits per heavy atom. The Labute approximate surface area is 206 Å². The van der Waals surface area contributed by atoms with Gasteiger partial charge in [0.15, 0.2) is 5.70 Å². The molecule has 0 saturated carbocycles. The highest BCUT2D eigenvalue weighted by Gasteiger charge is 2.17. The summed E-state index contributed by atoms with van der Waals surface area (Å²) in [4.78, 5) is 23.8. The average Bonchev–Trinajstić information content (AvgIpc) is 3.39. The molecule has 0 aliphatic rings. The van der Waals surface area contributed by atoms with E-state index >= 15 is 0 Å². The first-order valence-electron chi connectivity index (χ1n) is 10.6. The van der Waals surface area contributed by atoms with Crippen LogP contribution in [0.3, 0.4) is 0 Å². The predicted molar refractivity (Wildman–Crippen MR) is 127 cm³/mol. The minimum Gasteiger partial charge on any atom is -0.431 e. The van der Waals surface area contributed by atoms with Crippen LogP contribution in [0.1, 0.15) is 19.4 Å². The Hall–Kier alpha value is -4.12. The van der Waals surface area contributed by atoms with Gasteiger partial charge in [-0.15, -0.1) is 10.2 Å². The summed E-state index contributed by atoms with van der Waals surface area (Å²) in [7, 11) is 1.56. The number of rotatable bonds is 10. The summed E-state index contributed by atoms with van der Waals surface area (Å²) in [6, 6.07) is 15.5. The number of aromatic amines is 1. The number of halogens is 1. The molecule has 0 aliphatic carbocycles. The SMILES string of the molecule is CN/C(Cl)=C(\NCc1ccc(-c2ccccc2-c2nn[nH]n2)cc1)C(=O)OCOC(=O)OC(C)C. The van der Waals surface area contributed by atoms with Gasteiger partial charge in [0.25, 0.3) is 0 Å². The van der Waals surface area contributed by atoms with Gasteiger partial charge in [0.1, 0.15) is 5.16 Å². The lowest BCUT2D eigenvalue weighted by Crippen LogP contribution is -2.27. The van der Waals surface area contributed by atoms with Crippen LogP contribution in [0.2, 0.25) is 0 Å². The van der Waals surface area contributed by atoms with E-state index in [1.54, 1.807) is 20.9 Å². The number of H-pyrrole nitrogens is 1. The summed E-state index contributed by atoms with van der Waals surface area (Å²) in [5, 5.41) is 19.9. The van der Waals surface area contributed by atoms with E-state index in [9.17, 15) is 9.59 Å². The molecule has 0 bridgehead atoms. The molecule has 12 heteroatoms. The standard InChI is InChI=1S/C23H25ClN6O5/c1-14(2)35-23(32)34-13-33-22(31)19(20(24)25-3)26-12-15-8-10-16(11-9-15)17-6-4-5-7-18(17)21-27-29-30-28-21/h4-11,14,25-26H,12-13H2,1-3H3,(H,27,28,29,30)/b20-19-. The number of nitrogens with zero attached hydrogens (tertiary/aromatic N) is 3. The molecule has 1 heterocycles. The number of hydrogen-bond donors (Lipinski definition) is 3. The van der Waals surface area contributed by atoms with Crippen molar-refractivity contribution in [1.29, 1.82) is 0 Å². The van der Waals surface area contributed by atoms with Gasteiger partial charge in [-0.1, -0.05) is 60.1 Å². The van der Waals surface area contributed by atoms with Crippen molar-refractivity contribution in [3.05, 3.63) is 64.9 Å². The first-order valence-corrected chi connectivity index (χ1v) is 11.0. The summed E-state index contributed by atoms with van der Waals surface area (Å²) in [6.07, 6.45) is -1.29. The van der Waals surface area contributed by atoms with E-state index in [-0.39, 0.29) is 23.5 Å². The van der Waals surface area contributed by atoms with Crippen LogP contribution in [0, 0.1) is 0 Å². The van der Waals surface area contributed by atoms with Gasteiger partial charge < -0.3 is 24.8 Å². The Balaban J connectivity index is 1.63. The second-order valence-corrected chi connectivity index (χ2v) is 7.76. The molecular weight excluding hydrogens is 476 g/mol. The maximum absolute atomic E-state index is 12.4. The number of nitrogens with one attached hydrogen (secondary N) is 3. The normalized spacial score (nSPS) is 11.5. The highest BCUT2D eigenvalue weighted by atomic mass is 35.5. The van der Waals surface area contributed by atoms with Crippen molar-refractivity contribution < 1.29 is 23.8 Å². The number of carbonyl (C=O) groups is 2. The predicted octanol–water partition coefficient (Wildman–Crippen LogP) is 3.31. The summed E-state index contributed by atoms with van der Waals surface area (Å²) in [6.45, 7) is 3.01. The number of carbonyl (C=O) groups excluding carboxylic acids is 2. The number of ether oxygens (including phenoxy) is 3. The zero-order chi connectivity index (χ0) is 25.2. The quantitative estimate of drug-likeness (QED) is 0.164. The second-order valence-electron chi connectivity index (χ2n) is 7.38. The van der Waals surface area contributed by atoms with Crippen LogP contribution in [0.5, 0.6) is 0 Å². The van der Waals surface area contributed by atoms with E-state index in [0.717, 1.165) is 22.3 Å². The lowest BCUT2D eigenvalue weighted by Gasteiger charge is -2.14. The van der Waals surface area contributed by atoms with E-state index in [0.29, 0.717) is 5.82 Å². The molecule has 35 heavy (non-hydrogen) atoms. The fourth-order valence-corrected chi connectivity index (χ4v) is 3.14. The fraction of sp³-hybridized carbons (Fsp3) is 0.261. The minimum absolute atomic E-state index is 0.0125. The van der Waals surface area contributed by atoms with Gasteiger partial charge in [-0.2, -0.15) is 5.21 Å². The Kier molecular flexibility index (Phi) is 9.02. The molecule has 2 aromatic carbocycles. The number of tetrazole rings is 1. The third-order valence-corrected chi connectivity index (χ3v) is 4.97. The molecule has 0 radical (unpaired) electrons. The van der Waals surface area contributed by atoms with Crippen LogP contribution in [0.4, 0.5) is 4.79 Å². The number of benzene rings is 2. The monoisotopic (exact) mass is 500 g/mol. The molecule has 184 valence electrons. The van der Waals surface area contributed by atoms with Gasteiger partial charge in [-0.3, -0.25) is 0 Å². The maximum Gasteiger partial charge on any atom is 0.511 e. The van der Waals surface area contributed by atoms with Crippen molar-refractivity contribution in [3.63, 3.8) is 0 Å². The zero-order valence-electron chi connectivity index (χ0n) is 19.4. The van der Waals surface area contributed by atoms with Crippen LogP contribution >= 0.6 is 11.6 Å². The Morgan fingerprint density at radius 3 is 2.40 bits per heavy atom. The summed E-state index contributed by atoms with van der Waals surface area (Å²) in [5.74, 6) is -0.296. The van der Waals surface area contributed by atoms with Crippen LogP contribution in [-0.2, 0) is 25.5 Å². The second kappa shape index (κ2) is 12.4. The first kappa shape index (κ1) is 25.5. The van der Waals surface area contributed by atoms with Gasteiger partial charge in [0, 0.05) is 19.2 Å². The number of hydrogen-bond acceptors (Lipinski definition) is 10. The molecule has 0 fully saturated rings. The van der Waals surface area contributed by atoms with E-state index in [1.807, 2.05) is 48.5 Å². The zero-order valence-corrected chi connectivity index (χ0v) is 20.1. The van der Waals surface area contributed by atoms with Gasteiger partial charge >= 0.3 is 12.1 Å². The van der Waals surface area contributed by atoms with E-state index < -0.39 is 18.9 Å². The Bertz CT molecular complexity index is 1170. The highest BCUT2D eigenvalue weighted by Crippen LogP contribution is 2.29. The number of aromatic nitrogens is 4. The van der Waals surface area contributed by atoms with Crippen LogP contribution in [-0.4, -0.2) is 52.7 Å². The van der Waals surface area contributed by atoms with Crippen molar-refractivity contribution >= 4 is 23.7 Å². The lowest BCUT2D eigenvalue weighted by atomic mass is 9.98. The molecule has 0 aliphatic heterocycles. The smallest absolute Gasteiger partial charge is 0.431 e. The summed E-state index contributed by atoms with van der Waals surface area (Å²) < 4.78 is 14.5. The third kappa shape index (κ3) is 7.18. The van der Waals surface area contributed by atoms with Gasteiger partial charge in [-0.05, 0) is 35.8 Å². The minimum atomic E-state index is -0.938. The van der Waals surface area contributed by atoms with Crippen LogP contribution in [0.25, 0.3) is 22.5 Å². The topological polar surface area (TPSA) is 140 Å². The maximum atomic E-state index is 12.4. The van der Waals surface area contributed by atoms with Gasteiger partial charge in [0.2, 0.25) is 12.6 Å². The van der Waals surface area contributed by atoms with Crippen molar-refractivity contribution in [2.24, 2.45) is 0 Å². The lowest BCUT2D eigenvalue weighted by molar-refractivity contribution is -0.149. The number of esters is 1. The first-order chi connectivity index (χ1) is 16.9. The van der Waals surface area contributed by atoms with E-state index in [2.05, 4.69) is 31.3 Å². The summed E-state index contributed by atoms with van der Waals surface area (Å²) in [5.41, 5.74) is 3.63. The van der Waals surface area contributed by atoms with Crippen molar-refractivity contribution in [3.8, 4) is 22.5 Å². The largest absolute Gasteiger partial charge is 0.511 e. The van der Waals surface area contributed by atoms with Gasteiger partial charge in [0.05, 0.1) is 6.10 Å². The van der Waals surface area contributed by atoms with Crippen LogP contribution < -0.4 is 10.6 Å². The molecule has 0 spiro atoms. The molecule has 11 nitrogen and oxygen atoms in total.